The molecule has 3 rings (SSSR count). The molecule has 0 aromatic carbocycles. The van der Waals surface area contributed by atoms with E-state index in [-0.39, 0.29) is 17.9 Å². The summed E-state index contributed by atoms with van der Waals surface area (Å²) in [7, 11) is 0. The van der Waals surface area contributed by atoms with Gasteiger partial charge in [-0.1, -0.05) is 13.3 Å². The second-order valence-corrected chi connectivity index (χ2v) is 7.18. The SMILES string of the molecule is CCC[C@@H]1CN(c2cc(C)nc(N)n2)C[C@H]1NC(=O)C1CCOCC1. The Bertz CT molecular complexity index is 583. The van der Waals surface area contributed by atoms with Crippen molar-refractivity contribution < 1.29 is 9.53 Å². The van der Waals surface area contributed by atoms with Gasteiger partial charge >= 0.3 is 0 Å². The molecule has 2 fully saturated rings. The zero-order chi connectivity index (χ0) is 17.8. The average Bonchev–Trinajstić information content (AvgIpc) is 2.98. The van der Waals surface area contributed by atoms with E-state index < -0.39 is 0 Å². The number of hydrogen-bond acceptors (Lipinski definition) is 6. The Balaban J connectivity index is 1.68. The Kier molecular flexibility index (Phi) is 5.73. The summed E-state index contributed by atoms with van der Waals surface area (Å²) in [5.41, 5.74) is 6.67. The van der Waals surface area contributed by atoms with Gasteiger partial charge in [-0.15, -0.1) is 0 Å². The van der Waals surface area contributed by atoms with E-state index in [0.717, 1.165) is 50.3 Å². The van der Waals surface area contributed by atoms with E-state index in [1.165, 1.54) is 0 Å². The van der Waals surface area contributed by atoms with E-state index >= 15 is 0 Å². The van der Waals surface area contributed by atoms with Crippen molar-refractivity contribution in [2.75, 3.05) is 36.9 Å². The highest BCUT2D eigenvalue weighted by Gasteiger charge is 2.35. The summed E-state index contributed by atoms with van der Waals surface area (Å²) in [5, 5.41) is 3.30. The molecule has 2 atom stereocenters. The second kappa shape index (κ2) is 7.99. The van der Waals surface area contributed by atoms with Crippen LogP contribution < -0.4 is 16.0 Å². The Morgan fingerprint density at radius 3 is 2.80 bits per heavy atom. The summed E-state index contributed by atoms with van der Waals surface area (Å²) in [6, 6.07) is 2.12. The molecule has 0 bridgehead atoms. The number of nitrogens with two attached hydrogens (primary N) is 1. The van der Waals surface area contributed by atoms with E-state index in [9.17, 15) is 4.79 Å². The van der Waals surface area contributed by atoms with Crippen molar-refractivity contribution in [2.45, 2.75) is 45.6 Å². The first kappa shape index (κ1) is 17.9. The predicted octanol–water partition coefficient (Wildman–Crippen LogP) is 1.51. The third-order valence-corrected chi connectivity index (χ3v) is 5.20. The largest absolute Gasteiger partial charge is 0.381 e. The number of aryl methyl sites for hydroxylation is 1. The molecule has 7 nitrogen and oxygen atoms in total. The fraction of sp³-hybridized carbons (Fsp3) is 0.722. The number of hydrogen-bond donors (Lipinski definition) is 2. The Labute approximate surface area is 149 Å². The van der Waals surface area contributed by atoms with E-state index in [4.69, 9.17) is 10.5 Å². The molecule has 1 aromatic rings. The van der Waals surface area contributed by atoms with Crippen LogP contribution >= 0.6 is 0 Å². The summed E-state index contributed by atoms with van der Waals surface area (Å²) in [5.74, 6) is 1.85. The van der Waals surface area contributed by atoms with Gasteiger partial charge in [0.1, 0.15) is 5.82 Å². The van der Waals surface area contributed by atoms with Crippen LogP contribution in [0.15, 0.2) is 6.07 Å². The fourth-order valence-corrected chi connectivity index (χ4v) is 3.88. The van der Waals surface area contributed by atoms with Gasteiger partial charge in [-0.25, -0.2) is 4.98 Å². The molecule has 2 aliphatic heterocycles. The normalized spacial score (nSPS) is 24.5. The number of carbonyl (C=O) groups is 1. The van der Waals surface area contributed by atoms with Crippen LogP contribution in [0.3, 0.4) is 0 Å². The predicted molar refractivity (Wildman–Crippen MR) is 97.3 cm³/mol. The van der Waals surface area contributed by atoms with Gasteiger partial charge in [0.15, 0.2) is 0 Å². The van der Waals surface area contributed by atoms with Crippen molar-refractivity contribution in [1.82, 2.24) is 15.3 Å². The molecule has 2 saturated heterocycles. The van der Waals surface area contributed by atoms with Crippen LogP contribution in [0, 0.1) is 18.8 Å². The molecule has 0 aliphatic carbocycles. The van der Waals surface area contributed by atoms with Gasteiger partial charge < -0.3 is 20.7 Å². The van der Waals surface area contributed by atoms with Crippen LogP contribution in [0.1, 0.15) is 38.3 Å². The van der Waals surface area contributed by atoms with Crippen LogP contribution in [0.25, 0.3) is 0 Å². The molecule has 3 heterocycles. The summed E-state index contributed by atoms with van der Waals surface area (Å²) in [6.45, 7) is 7.15. The first-order valence-electron chi connectivity index (χ1n) is 9.31. The monoisotopic (exact) mass is 347 g/mol. The number of carbonyl (C=O) groups excluding carboxylic acids is 1. The minimum atomic E-state index is 0.0852. The molecule has 25 heavy (non-hydrogen) atoms. The average molecular weight is 347 g/mol. The number of rotatable bonds is 5. The maximum atomic E-state index is 12.6. The summed E-state index contributed by atoms with van der Waals surface area (Å²) < 4.78 is 5.36. The maximum absolute atomic E-state index is 12.6. The Morgan fingerprint density at radius 1 is 1.36 bits per heavy atom. The molecular formula is C18H29N5O2. The number of aromatic nitrogens is 2. The lowest BCUT2D eigenvalue weighted by Crippen LogP contribution is -2.44. The van der Waals surface area contributed by atoms with Crippen molar-refractivity contribution in [3.63, 3.8) is 0 Å². The third kappa shape index (κ3) is 4.39. The highest BCUT2D eigenvalue weighted by atomic mass is 16.5. The number of amides is 1. The number of ether oxygens (including phenoxy) is 1. The lowest BCUT2D eigenvalue weighted by atomic mass is 9.95. The summed E-state index contributed by atoms with van der Waals surface area (Å²) >= 11 is 0. The fourth-order valence-electron chi connectivity index (χ4n) is 3.88. The molecule has 1 amide bonds. The molecule has 3 N–H and O–H groups in total. The molecule has 1 aromatic heterocycles. The van der Waals surface area contributed by atoms with Crippen molar-refractivity contribution in [3.8, 4) is 0 Å². The highest BCUT2D eigenvalue weighted by molar-refractivity contribution is 5.79. The quantitative estimate of drug-likeness (QED) is 0.839. The molecule has 0 spiro atoms. The number of nitrogens with zero attached hydrogens (tertiary/aromatic N) is 3. The summed E-state index contributed by atoms with van der Waals surface area (Å²) in [6.07, 6.45) is 3.84. The van der Waals surface area contributed by atoms with Crippen LogP contribution in [-0.2, 0) is 9.53 Å². The van der Waals surface area contributed by atoms with Crippen LogP contribution in [0.4, 0.5) is 11.8 Å². The molecule has 0 radical (unpaired) electrons. The molecule has 7 heteroatoms. The molecule has 138 valence electrons. The topological polar surface area (TPSA) is 93.4 Å². The number of nitrogens with one attached hydrogen (secondary N) is 1. The van der Waals surface area contributed by atoms with Crippen molar-refractivity contribution in [3.05, 3.63) is 11.8 Å². The first-order chi connectivity index (χ1) is 12.1. The maximum Gasteiger partial charge on any atom is 0.223 e. The first-order valence-corrected chi connectivity index (χ1v) is 9.31. The van der Waals surface area contributed by atoms with Gasteiger partial charge in [-0.3, -0.25) is 4.79 Å². The van der Waals surface area contributed by atoms with Crippen molar-refractivity contribution in [2.24, 2.45) is 11.8 Å². The van der Waals surface area contributed by atoms with Crippen molar-refractivity contribution in [1.29, 1.82) is 0 Å². The Hall–Kier alpha value is -1.89. The molecular weight excluding hydrogens is 318 g/mol. The minimum Gasteiger partial charge on any atom is -0.381 e. The number of nitrogen functional groups attached to an aromatic ring is 1. The van der Waals surface area contributed by atoms with E-state index in [1.54, 1.807) is 0 Å². The molecule has 2 aliphatic rings. The third-order valence-electron chi connectivity index (χ3n) is 5.20. The molecule has 0 saturated carbocycles. The lowest BCUT2D eigenvalue weighted by molar-refractivity contribution is -0.128. The second-order valence-electron chi connectivity index (χ2n) is 7.18. The highest BCUT2D eigenvalue weighted by Crippen LogP contribution is 2.27. The lowest BCUT2D eigenvalue weighted by Gasteiger charge is -2.25. The van der Waals surface area contributed by atoms with Gasteiger partial charge in [0.2, 0.25) is 11.9 Å². The van der Waals surface area contributed by atoms with Crippen LogP contribution in [0.5, 0.6) is 0 Å². The number of anilines is 2. The van der Waals surface area contributed by atoms with Crippen LogP contribution in [0.2, 0.25) is 0 Å². The Morgan fingerprint density at radius 2 is 2.12 bits per heavy atom. The minimum absolute atomic E-state index is 0.0852. The van der Waals surface area contributed by atoms with E-state index in [2.05, 4.69) is 27.1 Å². The van der Waals surface area contributed by atoms with E-state index in [0.29, 0.717) is 25.1 Å². The van der Waals surface area contributed by atoms with Gasteiger partial charge in [0.25, 0.3) is 0 Å². The molecule has 0 unspecified atom stereocenters. The van der Waals surface area contributed by atoms with E-state index in [1.807, 2.05) is 13.0 Å². The van der Waals surface area contributed by atoms with Gasteiger partial charge in [-0.05, 0) is 32.1 Å². The van der Waals surface area contributed by atoms with Gasteiger partial charge in [-0.2, -0.15) is 4.98 Å². The van der Waals surface area contributed by atoms with Crippen molar-refractivity contribution >= 4 is 17.7 Å². The smallest absolute Gasteiger partial charge is 0.223 e. The van der Waals surface area contributed by atoms with Gasteiger partial charge in [0, 0.05) is 44.0 Å². The zero-order valence-electron chi connectivity index (χ0n) is 15.2. The summed E-state index contributed by atoms with van der Waals surface area (Å²) in [4.78, 5) is 23.4. The standard InChI is InChI=1S/C18H29N5O2/c1-3-4-14-10-23(16-9-12(2)20-18(19)22-16)11-15(14)21-17(24)13-5-7-25-8-6-13/h9,13-15H,3-8,10-11H2,1-2H3,(H,21,24)(H2,19,20,22)/t14-,15-/m1/s1. The van der Waals surface area contributed by atoms with Gasteiger partial charge in [0.05, 0.1) is 6.04 Å². The van der Waals surface area contributed by atoms with Crippen LogP contribution in [-0.4, -0.2) is 48.2 Å². The zero-order valence-corrected chi connectivity index (χ0v) is 15.2.